The zero-order valence-electron chi connectivity index (χ0n) is 16.2. The molecule has 0 aliphatic carbocycles. The topological polar surface area (TPSA) is 88.6 Å². The third kappa shape index (κ3) is 6.17. The van der Waals surface area contributed by atoms with E-state index in [0.717, 1.165) is 45.0 Å². The van der Waals surface area contributed by atoms with Crippen LogP contribution in [0.1, 0.15) is 15.9 Å². The second kappa shape index (κ2) is 10.6. The molecule has 1 aromatic carbocycles. The normalized spacial score (nSPS) is 14.5. The van der Waals surface area contributed by atoms with Crippen molar-refractivity contribution in [3.8, 4) is 5.75 Å². The van der Waals surface area contributed by atoms with Gasteiger partial charge in [0.15, 0.2) is 0 Å². The molecule has 2 N–H and O–H groups in total. The molecule has 1 aliphatic rings. The number of carbonyl (C=O) groups excluding carboxylic acids is 1. The zero-order chi connectivity index (χ0) is 19.6. The summed E-state index contributed by atoms with van der Waals surface area (Å²) in [6.45, 7) is 5.47. The maximum atomic E-state index is 12.2. The number of anilines is 1. The molecule has 1 amide bonds. The van der Waals surface area contributed by atoms with Crippen LogP contribution in [0, 0.1) is 0 Å². The molecule has 1 aromatic heterocycles. The maximum absolute atomic E-state index is 12.2. The number of hydrogen-bond donors (Lipinski definition) is 2. The van der Waals surface area contributed by atoms with Gasteiger partial charge in [-0.3, -0.25) is 9.69 Å². The van der Waals surface area contributed by atoms with Gasteiger partial charge in [0.25, 0.3) is 5.91 Å². The van der Waals surface area contributed by atoms with Crippen LogP contribution in [0.2, 0.25) is 0 Å². The molecule has 2 heterocycles. The van der Waals surface area contributed by atoms with E-state index in [9.17, 15) is 4.79 Å². The van der Waals surface area contributed by atoms with Crippen LogP contribution in [-0.2, 0) is 11.2 Å². The largest absolute Gasteiger partial charge is 0.497 e. The number of nitrogens with one attached hydrogen (secondary N) is 2. The van der Waals surface area contributed by atoms with Gasteiger partial charge in [-0.2, -0.15) is 0 Å². The second-order valence-electron chi connectivity index (χ2n) is 6.53. The maximum Gasteiger partial charge on any atom is 0.254 e. The minimum atomic E-state index is -0.155. The predicted molar refractivity (Wildman–Crippen MR) is 107 cm³/mol. The Balaban J connectivity index is 1.37. The molecule has 2 aromatic rings. The average molecular weight is 385 g/mol. The van der Waals surface area contributed by atoms with Crippen LogP contribution >= 0.6 is 0 Å². The van der Waals surface area contributed by atoms with E-state index in [2.05, 4.69) is 25.5 Å². The first-order chi connectivity index (χ1) is 13.7. The van der Waals surface area contributed by atoms with E-state index in [4.69, 9.17) is 9.47 Å². The van der Waals surface area contributed by atoms with Crippen molar-refractivity contribution >= 4 is 11.9 Å². The number of benzene rings is 1. The molecule has 1 fully saturated rings. The van der Waals surface area contributed by atoms with Gasteiger partial charge < -0.3 is 20.1 Å². The van der Waals surface area contributed by atoms with E-state index in [1.54, 1.807) is 19.5 Å². The van der Waals surface area contributed by atoms with E-state index in [-0.39, 0.29) is 5.91 Å². The summed E-state index contributed by atoms with van der Waals surface area (Å²) in [5.41, 5.74) is 1.66. The number of carbonyl (C=O) groups is 1. The van der Waals surface area contributed by atoms with Crippen molar-refractivity contribution in [2.75, 3.05) is 58.4 Å². The minimum absolute atomic E-state index is 0.155. The number of amides is 1. The number of methoxy groups -OCH3 is 1. The van der Waals surface area contributed by atoms with E-state index in [0.29, 0.717) is 24.6 Å². The van der Waals surface area contributed by atoms with Crippen molar-refractivity contribution in [1.29, 1.82) is 0 Å². The number of ether oxygens (including phenoxy) is 2. The van der Waals surface area contributed by atoms with Crippen LogP contribution in [0.3, 0.4) is 0 Å². The van der Waals surface area contributed by atoms with Crippen LogP contribution < -0.4 is 15.4 Å². The van der Waals surface area contributed by atoms with Crippen LogP contribution in [0.15, 0.2) is 36.7 Å². The Morgan fingerprint density at radius 2 is 1.86 bits per heavy atom. The lowest BCUT2D eigenvalue weighted by molar-refractivity contribution is 0.0383. The molecule has 0 bridgehead atoms. The smallest absolute Gasteiger partial charge is 0.254 e. The van der Waals surface area contributed by atoms with Gasteiger partial charge in [-0.05, 0) is 24.1 Å². The van der Waals surface area contributed by atoms with E-state index in [1.165, 1.54) is 5.56 Å². The lowest BCUT2D eigenvalue weighted by atomic mass is 10.1. The Morgan fingerprint density at radius 3 is 2.54 bits per heavy atom. The molecule has 1 saturated heterocycles. The molecule has 150 valence electrons. The van der Waals surface area contributed by atoms with Crippen LogP contribution in [-0.4, -0.2) is 73.8 Å². The highest BCUT2D eigenvalue weighted by Gasteiger charge is 2.11. The third-order valence-corrected chi connectivity index (χ3v) is 4.59. The molecule has 0 unspecified atom stereocenters. The molecule has 8 nitrogen and oxygen atoms in total. The minimum Gasteiger partial charge on any atom is -0.497 e. The van der Waals surface area contributed by atoms with Crippen molar-refractivity contribution in [1.82, 2.24) is 20.2 Å². The summed E-state index contributed by atoms with van der Waals surface area (Å²) in [5, 5.41) is 6.08. The fourth-order valence-electron chi connectivity index (χ4n) is 2.90. The highest BCUT2D eigenvalue weighted by molar-refractivity contribution is 5.93. The lowest BCUT2D eigenvalue weighted by Crippen LogP contribution is -2.41. The summed E-state index contributed by atoms with van der Waals surface area (Å²) in [6.07, 6.45) is 3.94. The number of morpholine rings is 1. The monoisotopic (exact) mass is 385 g/mol. The molecule has 3 rings (SSSR count). The van der Waals surface area contributed by atoms with Crippen molar-refractivity contribution < 1.29 is 14.3 Å². The fourth-order valence-corrected chi connectivity index (χ4v) is 2.90. The third-order valence-electron chi connectivity index (χ3n) is 4.59. The molecule has 0 spiro atoms. The van der Waals surface area contributed by atoms with E-state index >= 15 is 0 Å². The summed E-state index contributed by atoms with van der Waals surface area (Å²) in [6, 6.07) is 7.95. The zero-order valence-corrected chi connectivity index (χ0v) is 16.2. The first-order valence-corrected chi connectivity index (χ1v) is 9.52. The van der Waals surface area contributed by atoms with Crippen LogP contribution in [0.5, 0.6) is 5.75 Å². The molecule has 0 saturated carbocycles. The molecule has 8 heteroatoms. The Kier molecular flexibility index (Phi) is 7.57. The molecular formula is C20H27N5O3. The molecular weight excluding hydrogens is 358 g/mol. The summed E-state index contributed by atoms with van der Waals surface area (Å²) in [4.78, 5) is 22.9. The highest BCUT2D eigenvalue weighted by Crippen LogP contribution is 2.11. The summed E-state index contributed by atoms with van der Waals surface area (Å²) in [7, 11) is 1.65. The summed E-state index contributed by atoms with van der Waals surface area (Å²) >= 11 is 0. The van der Waals surface area contributed by atoms with Crippen LogP contribution in [0.25, 0.3) is 0 Å². The number of aromatic nitrogens is 2. The second-order valence-corrected chi connectivity index (χ2v) is 6.53. The average Bonchev–Trinajstić information content (AvgIpc) is 2.75. The van der Waals surface area contributed by atoms with Crippen molar-refractivity contribution in [3.63, 3.8) is 0 Å². The van der Waals surface area contributed by atoms with Gasteiger partial charge in [0, 0.05) is 45.1 Å². The standard InChI is InChI=1S/C20H27N5O3/c1-27-18-4-2-16(3-5-18)6-7-22-20-23-14-17(15-24-20)19(26)21-8-9-25-10-12-28-13-11-25/h2-5,14-15H,6-13H2,1H3,(H,21,26)(H,22,23,24). The summed E-state index contributed by atoms with van der Waals surface area (Å²) < 4.78 is 10.5. The van der Waals surface area contributed by atoms with Gasteiger partial charge in [-0.1, -0.05) is 12.1 Å². The number of rotatable bonds is 9. The highest BCUT2D eigenvalue weighted by atomic mass is 16.5. The Bertz CT molecular complexity index is 731. The number of hydrogen-bond acceptors (Lipinski definition) is 7. The van der Waals surface area contributed by atoms with Crippen molar-refractivity contribution in [2.24, 2.45) is 0 Å². The quantitative estimate of drug-likeness (QED) is 0.671. The summed E-state index contributed by atoms with van der Waals surface area (Å²) in [5.74, 6) is 1.20. The van der Waals surface area contributed by atoms with Gasteiger partial charge in [0.05, 0.1) is 25.9 Å². The fraction of sp³-hybridized carbons (Fsp3) is 0.450. The van der Waals surface area contributed by atoms with Gasteiger partial charge in [-0.25, -0.2) is 9.97 Å². The molecule has 28 heavy (non-hydrogen) atoms. The van der Waals surface area contributed by atoms with E-state index < -0.39 is 0 Å². The first-order valence-electron chi connectivity index (χ1n) is 9.52. The van der Waals surface area contributed by atoms with E-state index in [1.807, 2.05) is 24.3 Å². The lowest BCUT2D eigenvalue weighted by Gasteiger charge is -2.26. The number of nitrogens with zero attached hydrogens (tertiary/aromatic N) is 3. The van der Waals surface area contributed by atoms with Gasteiger partial charge in [0.1, 0.15) is 5.75 Å². The predicted octanol–water partition coefficient (Wildman–Crippen LogP) is 1.20. The molecule has 1 aliphatic heterocycles. The van der Waals surface area contributed by atoms with Crippen molar-refractivity contribution in [2.45, 2.75) is 6.42 Å². The molecule has 0 atom stereocenters. The Hall–Kier alpha value is -2.71. The molecule has 0 radical (unpaired) electrons. The van der Waals surface area contributed by atoms with Gasteiger partial charge >= 0.3 is 0 Å². The van der Waals surface area contributed by atoms with Gasteiger partial charge in [-0.15, -0.1) is 0 Å². The van der Waals surface area contributed by atoms with Gasteiger partial charge in [0.2, 0.25) is 5.95 Å². The van der Waals surface area contributed by atoms with Crippen LogP contribution in [0.4, 0.5) is 5.95 Å². The van der Waals surface area contributed by atoms with Crippen molar-refractivity contribution in [3.05, 3.63) is 47.8 Å². The SMILES string of the molecule is COc1ccc(CCNc2ncc(C(=O)NCCN3CCOCC3)cn2)cc1. The Morgan fingerprint density at radius 1 is 1.14 bits per heavy atom. The first kappa shape index (κ1) is 20.0. The Labute approximate surface area is 165 Å².